The summed E-state index contributed by atoms with van der Waals surface area (Å²) in [5.74, 6) is 1.13. The van der Waals surface area contributed by atoms with Gasteiger partial charge in [0.25, 0.3) is 0 Å². The van der Waals surface area contributed by atoms with Crippen LogP contribution in [0.25, 0.3) is 0 Å². The first-order valence-corrected chi connectivity index (χ1v) is 6.91. The second-order valence-electron chi connectivity index (χ2n) is 4.90. The monoisotopic (exact) mass is 350 g/mol. The molecule has 0 aliphatic heterocycles. The quantitative estimate of drug-likeness (QED) is 0.882. The molecule has 0 saturated heterocycles. The van der Waals surface area contributed by atoms with Crippen molar-refractivity contribution in [1.82, 2.24) is 15.1 Å². The summed E-state index contributed by atoms with van der Waals surface area (Å²) in [6, 6.07) is 1.99. The molecule has 10 heteroatoms. The van der Waals surface area contributed by atoms with Crippen LogP contribution >= 0.6 is 11.6 Å². The Hall–Kier alpha value is -2.16. The van der Waals surface area contributed by atoms with Gasteiger partial charge in [0.1, 0.15) is 17.2 Å². The van der Waals surface area contributed by atoms with Crippen molar-refractivity contribution < 1.29 is 22.4 Å². The molecule has 0 aliphatic rings. The first-order chi connectivity index (χ1) is 10.6. The molecular weight excluding hydrogens is 337 g/mol. The molecule has 126 valence electrons. The largest absolute Gasteiger partial charge is 0.464 e. The zero-order valence-electron chi connectivity index (χ0n) is 12.5. The Morgan fingerprint density at radius 1 is 1.43 bits per heavy atom. The normalized spacial score (nSPS) is 13.0. The number of hydrogen-bond acceptors (Lipinski definition) is 3. The van der Waals surface area contributed by atoms with E-state index in [1.165, 1.54) is 0 Å². The minimum atomic E-state index is -4.71. The summed E-state index contributed by atoms with van der Waals surface area (Å²) < 4.78 is 44.9. The molecule has 6 nitrogen and oxygen atoms in total. The standard InChI is InChI=1S/C13H14ClF3N4O2/c1-6-4-5-8(23-6)7(2)18-12(22)19-9-10(13(15,16)17)21(3)20-11(9)14/h4-5,7H,1-3H3,(H2,18,19,22). The van der Waals surface area contributed by atoms with Crippen molar-refractivity contribution in [3.63, 3.8) is 0 Å². The first-order valence-electron chi connectivity index (χ1n) is 6.53. The minimum absolute atomic E-state index is 0.448. The average Bonchev–Trinajstić information content (AvgIpc) is 2.93. The fraction of sp³-hybridized carbons (Fsp3) is 0.385. The zero-order valence-corrected chi connectivity index (χ0v) is 13.2. The molecule has 2 amide bonds. The Morgan fingerprint density at radius 3 is 2.61 bits per heavy atom. The van der Waals surface area contributed by atoms with E-state index in [4.69, 9.17) is 16.0 Å². The highest BCUT2D eigenvalue weighted by atomic mass is 35.5. The van der Waals surface area contributed by atoms with Crippen LogP contribution < -0.4 is 10.6 Å². The molecule has 2 aromatic rings. The zero-order chi connectivity index (χ0) is 17.4. The Balaban J connectivity index is 2.15. The molecule has 2 heterocycles. The third-order valence-electron chi connectivity index (χ3n) is 3.05. The Labute approximate surface area is 134 Å². The topological polar surface area (TPSA) is 72.1 Å². The van der Waals surface area contributed by atoms with Crippen LogP contribution in [0.4, 0.5) is 23.7 Å². The second-order valence-corrected chi connectivity index (χ2v) is 5.26. The number of halogens is 4. The molecule has 0 saturated carbocycles. The third kappa shape index (κ3) is 3.79. The molecule has 0 fully saturated rings. The van der Waals surface area contributed by atoms with Gasteiger partial charge in [-0.25, -0.2) is 4.79 Å². The van der Waals surface area contributed by atoms with Crippen molar-refractivity contribution in [2.75, 3.05) is 5.32 Å². The number of rotatable bonds is 3. The highest BCUT2D eigenvalue weighted by Crippen LogP contribution is 2.38. The van der Waals surface area contributed by atoms with Crippen molar-refractivity contribution in [2.24, 2.45) is 7.05 Å². The number of nitrogens with one attached hydrogen (secondary N) is 2. The van der Waals surface area contributed by atoms with Gasteiger partial charge < -0.3 is 15.1 Å². The van der Waals surface area contributed by atoms with Gasteiger partial charge in [-0.1, -0.05) is 11.6 Å². The maximum Gasteiger partial charge on any atom is 0.435 e. The van der Waals surface area contributed by atoms with Crippen molar-refractivity contribution >= 4 is 23.3 Å². The van der Waals surface area contributed by atoms with Crippen molar-refractivity contribution in [2.45, 2.75) is 26.1 Å². The maximum absolute atomic E-state index is 13.0. The SMILES string of the molecule is Cc1ccc(C(C)NC(=O)Nc2c(Cl)nn(C)c2C(F)(F)F)o1. The van der Waals surface area contributed by atoms with E-state index in [0.29, 0.717) is 16.2 Å². The van der Waals surface area contributed by atoms with Crippen LogP contribution in [0.2, 0.25) is 5.15 Å². The molecule has 0 aliphatic carbocycles. The molecule has 1 unspecified atom stereocenters. The van der Waals surface area contributed by atoms with E-state index >= 15 is 0 Å². The maximum atomic E-state index is 13.0. The highest BCUT2D eigenvalue weighted by molar-refractivity contribution is 6.32. The fourth-order valence-corrected chi connectivity index (χ4v) is 2.28. The summed E-state index contributed by atoms with van der Waals surface area (Å²) in [5.41, 5.74) is -1.74. The Kier molecular flexibility index (Phi) is 4.60. The summed E-state index contributed by atoms with van der Waals surface area (Å²) >= 11 is 5.66. The van der Waals surface area contributed by atoms with E-state index in [2.05, 4.69) is 15.7 Å². The molecule has 2 aromatic heterocycles. The summed E-state index contributed by atoms with van der Waals surface area (Å²) in [6.45, 7) is 3.37. The van der Waals surface area contributed by atoms with E-state index in [-0.39, 0.29) is 0 Å². The number of aromatic nitrogens is 2. The fourth-order valence-electron chi connectivity index (χ4n) is 2.03. The number of anilines is 1. The number of amides is 2. The van der Waals surface area contributed by atoms with Gasteiger partial charge in [0.2, 0.25) is 0 Å². The van der Waals surface area contributed by atoms with Gasteiger partial charge in [-0.15, -0.1) is 0 Å². The second kappa shape index (κ2) is 6.15. The number of furan rings is 1. The van der Waals surface area contributed by atoms with Gasteiger partial charge in [0, 0.05) is 7.05 Å². The third-order valence-corrected chi connectivity index (χ3v) is 3.31. The van der Waals surface area contributed by atoms with Crippen LogP contribution in [0, 0.1) is 6.92 Å². The Bertz CT molecular complexity index is 723. The number of urea groups is 1. The lowest BCUT2D eigenvalue weighted by Gasteiger charge is -2.14. The van der Waals surface area contributed by atoms with Gasteiger partial charge in [-0.05, 0) is 26.0 Å². The molecule has 1 atom stereocenters. The number of carbonyl (C=O) groups excluding carboxylic acids is 1. The summed E-state index contributed by atoms with van der Waals surface area (Å²) in [7, 11) is 1.09. The summed E-state index contributed by atoms with van der Waals surface area (Å²) in [4.78, 5) is 11.9. The number of aryl methyl sites for hydroxylation is 2. The van der Waals surface area contributed by atoms with E-state index in [1.54, 1.807) is 26.0 Å². The molecule has 2 N–H and O–H groups in total. The average molecular weight is 351 g/mol. The van der Waals surface area contributed by atoms with Crippen molar-refractivity contribution in [3.05, 3.63) is 34.5 Å². The summed E-state index contributed by atoms with van der Waals surface area (Å²) in [5, 5.41) is 7.58. The molecule has 0 spiro atoms. The van der Waals surface area contributed by atoms with Gasteiger partial charge in [0.15, 0.2) is 10.8 Å². The highest BCUT2D eigenvalue weighted by Gasteiger charge is 2.39. The number of hydrogen-bond donors (Lipinski definition) is 2. The van der Waals surface area contributed by atoms with Gasteiger partial charge >= 0.3 is 12.2 Å². The molecule has 2 rings (SSSR count). The molecule has 0 bridgehead atoms. The van der Waals surface area contributed by atoms with Crippen LogP contribution in [0.1, 0.15) is 30.2 Å². The van der Waals surface area contributed by atoms with Crippen molar-refractivity contribution in [1.29, 1.82) is 0 Å². The lowest BCUT2D eigenvalue weighted by atomic mass is 10.2. The van der Waals surface area contributed by atoms with E-state index in [0.717, 1.165) is 7.05 Å². The molecular formula is C13H14ClF3N4O2. The van der Waals surface area contributed by atoms with Crippen LogP contribution in [0.5, 0.6) is 0 Å². The smallest absolute Gasteiger partial charge is 0.435 e. The van der Waals surface area contributed by atoms with Gasteiger partial charge in [-0.2, -0.15) is 18.3 Å². The van der Waals surface area contributed by atoms with Crippen LogP contribution in [-0.2, 0) is 13.2 Å². The van der Waals surface area contributed by atoms with E-state index in [9.17, 15) is 18.0 Å². The van der Waals surface area contributed by atoms with Crippen LogP contribution in [0.3, 0.4) is 0 Å². The Morgan fingerprint density at radius 2 is 2.09 bits per heavy atom. The van der Waals surface area contributed by atoms with Crippen LogP contribution in [-0.4, -0.2) is 15.8 Å². The predicted molar refractivity (Wildman–Crippen MR) is 77.2 cm³/mol. The minimum Gasteiger partial charge on any atom is -0.464 e. The lowest BCUT2D eigenvalue weighted by molar-refractivity contribution is -0.143. The van der Waals surface area contributed by atoms with Crippen molar-refractivity contribution in [3.8, 4) is 0 Å². The number of carbonyl (C=O) groups is 1. The van der Waals surface area contributed by atoms with Crippen LogP contribution in [0.15, 0.2) is 16.5 Å². The van der Waals surface area contributed by atoms with E-state index < -0.39 is 34.8 Å². The van der Waals surface area contributed by atoms with E-state index in [1.807, 2.05) is 0 Å². The molecule has 0 aromatic carbocycles. The molecule has 23 heavy (non-hydrogen) atoms. The predicted octanol–water partition coefficient (Wildman–Crippen LogP) is 3.88. The lowest BCUT2D eigenvalue weighted by Crippen LogP contribution is -2.31. The summed E-state index contributed by atoms with van der Waals surface area (Å²) in [6.07, 6.45) is -4.71. The molecule has 0 radical (unpaired) electrons. The van der Waals surface area contributed by atoms with Gasteiger partial charge in [-0.3, -0.25) is 4.68 Å². The number of nitrogens with zero attached hydrogens (tertiary/aromatic N) is 2. The first kappa shape index (κ1) is 17.2. The number of alkyl halides is 3. The van der Waals surface area contributed by atoms with Gasteiger partial charge in [0.05, 0.1) is 6.04 Å².